The topological polar surface area (TPSA) is 85.1 Å². The summed E-state index contributed by atoms with van der Waals surface area (Å²) in [7, 11) is -3.88. The number of rotatable bonds is 3. The first-order chi connectivity index (χ1) is 9.31. The molecule has 0 bridgehead atoms. The van der Waals surface area contributed by atoms with Crippen molar-refractivity contribution in [2.24, 2.45) is 0 Å². The number of nitrogens with two attached hydrogens (primary N) is 1. The summed E-state index contributed by atoms with van der Waals surface area (Å²) < 4.78 is 40.4. The number of benzene rings is 1. The minimum absolute atomic E-state index is 0.100. The Morgan fingerprint density at radius 3 is 2.75 bits per heavy atom. The van der Waals surface area contributed by atoms with Crippen LogP contribution < -0.4 is 10.5 Å². The van der Waals surface area contributed by atoms with Crippen LogP contribution in [0, 0.1) is 12.7 Å². The van der Waals surface area contributed by atoms with Gasteiger partial charge in [-0.25, -0.2) is 12.8 Å². The summed E-state index contributed by atoms with van der Waals surface area (Å²) in [6.07, 6.45) is 3.00. The Balaban J connectivity index is 2.47. The summed E-state index contributed by atoms with van der Waals surface area (Å²) in [6, 6.07) is 3.62. The molecule has 0 aliphatic heterocycles. The molecule has 0 amide bonds. The van der Waals surface area contributed by atoms with Crippen molar-refractivity contribution >= 4 is 37.3 Å². The number of nitrogens with one attached hydrogen (secondary N) is 1. The average molecular weight is 360 g/mol. The molecular weight excluding hydrogens is 349 g/mol. The minimum atomic E-state index is -3.88. The van der Waals surface area contributed by atoms with Gasteiger partial charge in [0.15, 0.2) is 0 Å². The van der Waals surface area contributed by atoms with E-state index in [-0.39, 0.29) is 15.1 Å². The largest absolute Gasteiger partial charge is 0.396 e. The van der Waals surface area contributed by atoms with Gasteiger partial charge in [-0.3, -0.25) is 9.71 Å². The van der Waals surface area contributed by atoms with Crippen LogP contribution in [0.15, 0.2) is 40.0 Å². The van der Waals surface area contributed by atoms with Gasteiger partial charge in [-0.2, -0.15) is 0 Å². The van der Waals surface area contributed by atoms with Gasteiger partial charge in [-0.05, 0) is 46.6 Å². The second kappa shape index (κ2) is 5.37. The number of halogens is 2. The van der Waals surface area contributed by atoms with Gasteiger partial charge in [-0.1, -0.05) is 0 Å². The molecule has 0 atom stereocenters. The van der Waals surface area contributed by atoms with Crippen LogP contribution in [0.25, 0.3) is 0 Å². The van der Waals surface area contributed by atoms with E-state index in [1.807, 2.05) is 0 Å². The van der Waals surface area contributed by atoms with E-state index >= 15 is 0 Å². The van der Waals surface area contributed by atoms with Crippen molar-refractivity contribution in [2.45, 2.75) is 11.8 Å². The van der Waals surface area contributed by atoms with E-state index in [9.17, 15) is 12.8 Å². The number of aromatic nitrogens is 1. The van der Waals surface area contributed by atoms with Crippen molar-refractivity contribution in [1.29, 1.82) is 0 Å². The standard InChI is InChI=1S/C12H11BrFN3O2S/c1-7-6-16-3-2-11(7)17-20(18,19)12-5-10(15)9(14)4-8(12)13/h2-6H,15H2,1H3,(H,16,17). The van der Waals surface area contributed by atoms with Gasteiger partial charge in [0.1, 0.15) is 10.7 Å². The maximum Gasteiger partial charge on any atom is 0.263 e. The van der Waals surface area contributed by atoms with Crippen LogP contribution >= 0.6 is 15.9 Å². The highest BCUT2D eigenvalue weighted by molar-refractivity contribution is 9.10. The first-order valence-electron chi connectivity index (χ1n) is 5.49. The molecule has 0 aliphatic rings. The number of hydrogen-bond acceptors (Lipinski definition) is 4. The van der Waals surface area contributed by atoms with Gasteiger partial charge in [0.05, 0.1) is 11.4 Å². The molecule has 0 aliphatic carbocycles. The van der Waals surface area contributed by atoms with Gasteiger partial charge in [0.25, 0.3) is 10.0 Å². The average Bonchev–Trinajstić information content (AvgIpc) is 2.36. The molecule has 1 heterocycles. The quantitative estimate of drug-likeness (QED) is 0.825. The maximum absolute atomic E-state index is 13.3. The Hall–Kier alpha value is -1.67. The number of sulfonamides is 1. The smallest absolute Gasteiger partial charge is 0.263 e. The molecule has 2 rings (SSSR count). The summed E-state index contributed by atoms with van der Waals surface area (Å²) in [5.74, 6) is -0.684. The number of aryl methyl sites for hydroxylation is 1. The molecule has 0 unspecified atom stereocenters. The Bertz CT molecular complexity index is 765. The molecular formula is C12H11BrFN3O2S. The fraction of sp³-hybridized carbons (Fsp3) is 0.0833. The normalized spacial score (nSPS) is 11.3. The first kappa shape index (κ1) is 14.7. The number of nitrogen functional groups attached to an aromatic ring is 1. The van der Waals surface area contributed by atoms with Crippen molar-refractivity contribution in [3.05, 3.63) is 46.4 Å². The summed E-state index contributed by atoms with van der Waals surface area (Å²) in [5.41, 5.74) is 6.24. The minimum Gasteiger partial charge on any atom is -0.396 e. The first-order valence-corrected chi connectivity index (χ1v) is 7.77. The highest BCUT2D eigenvalue weighted by Crippen LogP contribution is 2.28. The second-order valence-electron chi connectivity index (χ2n) is 4.10. The fourth-order valence-electron chi connectivity index (χ4n) is 1.54. The lowest BCUT2D eigenvalue weighted by atomic mass is 10.3. The van der Waals surface area contributed by atoms with E-state index in [0.29, 0.717) is 11.3 Å². The third-order valence-electron chi connectivity index (χ3n) is 2.61. The predicted octanol–water partition coefficient (Wildman–Crippen LogP) is 2.67. The molecule has 2 aromatic rings. The van der Waals surface area contributed by atoms with E-state index in [1.165, 1.54) is 18.5 Å². The fourth-order valence-corrected chi connectivity index (χ4v) is 3.72. The van der Waals surface area contributed by atoms with Gasteiger partial charge in [0.2, 0.25) is 0 Å². The Morgan fingerprint density at radius 1 is 1.40 bits per heavy atom. The van der Waals surface area contributed by atoms with E-state index in [2.05, 4.69) is 25.6 Å². The molecule has 0 fully saturated rings. The van der Waals surface area contributed by atoms with Crippen molar-refractivity contribution in [1.82, 2.24) is 4.98 Å². The van der Waals surface area contributed by atoms with Crippen LogP contribution in [0.1, 0.15) is 5.56 Å². The lowest BCUT2D eigenvalue weighted by Crippen LogP contribution is -2.15. The Kier molecular flexibility index (Phi) is 3.96. The zero-order valence-corrected chi connectivity index (χ0v) is 12.8. The number of anilines is 2. The maximum atomic E-state index is 13.3. The predicted molar refractivity (Wildman–Crippen MR) is 78.3 cm³/mol. The molecule has 106 valence electrons. The van der Waals surface area contributed by atoms with Gasteiger partial charge in [0, 0.05) is 16.9 Å². The van der Waals surface area contributed by atoms with Crippen molar-refractivity contribution in [2.75, 3.05) is 10.5 Å². The monoisotopic (exact) mass is 359 g/mol. The van der Waals surface area contributed by atoms with Crippen molar-refractivity contribution in [3.8, 4) is 0 Å². The summed E-state index contributed by atoms with van der Waals surface area (Å²) >= 11 is 3.02. The summed E-state index contributed by atoms with van der Waals surface area (Å²) in [5, 5.41) is 0. The molecule has 1 aromatic heterocycles. The number of nitrogens with zero attached hydrogens (tertiary/aromatic N) is 1. The van der Waals surface area contributed by atoms with Gasteiger partial charge >= 0.3 is 0 Å². The van der Waals surface area contributed by atoms with E-state index in [1.54, 1.807) is 6.92 Å². The second-order valence-corrected chi connectivity index (χ2v) is 6.61. The van der Waals surface area contributed by atoms with Gasteiger partial charge in [-0.15, -0.1) is 0 Å². The van der Waals surface area contributed by atoms with Crippen LogP contribution in [0.4, 0.5) is 15.8 Å². The zero-order valence-electron chi connectivity index (χ0n) is 10.4. The van der Waals surface area contributed by atoms with Crippen LogP contribution in [-0.4, -0.2) is 13.4 Å². The molecule has 20 heavy (non-hydrogen) atoms. The number of hydrogen-bond donors (Lipinski definition) is 2. The van der Waals surface area contributed by atoms with Crippen LogP contribution in [-0.2, 0) is 10.0 Å². The van der Waals surface area contributed by atoms with Crippen molar-refractivity contribution in [3.63, 3.8) is 0 Å². The SMILES string of the molecule is Cc1cnccc1NS(=O)(=O)c1cc(N)c(F)cc1Br. The summed E-state index contributed by atoms with van der Waals surface area (Å²) in [4.78, 5) is 3.75. The van der Waals surface area contributed by atoms with E-state index in [0.717, 1.165) is 12.1 Å². The van der Waals surface area contributed by atoms with E-state index < -0.39 is 15.8 Å². The highest BCUT2D eigenvalue weighted by atomic mass is 79.9. The molecule has 0 saturated heterocycles. The van der Waals surface area contributed by atoms with Crippen LogP contribution in [0.5, 0.6) is 0 Å². The molecule has 0 radical (unpaired) electrons. The number of pyridine rings is 1. The van der Waals surface area contributed by atoms with Crippen LogP contribution in [0.2, 0.25) is 0 Å². The third kappa shape index (κ3) is 2.91. The molecule has 1 aromatic carbocycles. The molecule has 3 N–H and O–H groups in total. The molecule has 0 saturated carbocycles. The zero-order chi connectivity index (χ0) is 14.9. The lowest BCUT2D eigenvalue weighted by molar-refractivity contribution is 0.599. The highest BCUT2D eigenvalue weighted by Gasteiger charge is 2.20. The van der Waals surface area contributed by atoms with E-state index in [4.69, 9.17) is 5.73 Å². The molecule has 0 spiro atoms. The Morgan fingerprint density at radius 2 is 2.10 bits per heavy atom. The van der Waals surface area contributed by atoms with Gasteiger partial charge < -0.3 is 5.73 Å². The lowest BCUT2D eigenvalue weighted by Gasteiger charge is -2.12. The summed E-state index contributed by atoms with van der Waals surface area (Å²) in [6.45, 7) is 1.72. The van der Waals surface area contributed by atoms with Crippen LogP contribution in [0.3, 0.4) is 0 Å². The van der Waals surface area contributed by atoms with Crippen molar-refractivity contribution < 1.29 is 12.8 Å². The molecule has 5 nitrogen and oxygen atoms in total. The Labute approximate surface area is 124 Å². The molecule has 8 heteroatoms. The third-order valence-corrected chi connectivity index (χ3v) is 4.93.